The third-order valence-electron chi connectivity index (χ3n) is 1.59. The molecule has 0 aromatic carbocycles. The second kappa shape index (κ2) is 3.74. The predicted octanol–water partition coefficient (Wildman–Crippen LogP) is 1.34. The Morgan fingerprint density at radius 3 is 2.93 bits per heavy atom. The standard InChI is InChI=1S/C8H8N2O3S2/c1-15(11,12)5-7-9-8(13-10-7)6-3-2-4-14-6/h2-4H,5H2,1H3. The Hall–Kier alpha value is -1.21. The summed E-state index contributed by atoms with van der Waals surface area (Å²) < 4.78 is 26.9. The lowest BCUT2D eigenvalue weighted by atomic mass is 10.5. The Morgan fingerprint density at radius 1 is 1.53 bits per heavy atom. The van der Waals surface area contributed by atoms with E-state index in [4.69, 9.17) is 4.52 Å². The van der Waals surface area contributed by atoms with Crippen LogP contribution in [0.3, 0.4) is 0 Å². The molecular formula is C8H8N2O3S2. The van der Waals surface area contributed by atoms with Crippen LogP contribution in [0, 0.1) is 0 Å². The van der Waals surface area contributed by atoms with Crippen molar-refractivity contribution in [1.29, 1.82) is 0 Å². The summed E-state index contributed by atoms with van der Waals surface area (Å²) in [6, 6.07) is 3.70. The number of aromatic nitrogens is 2. The summed E-state index contributed by atoms with van der Waals surface area (Å²) in [7, 11) is -3.11. The summed E-state index contributed by atoms with van der Waals surface area (Å²) in [5, 5.41) is 5.48. The van der Waals surface area contributed by atoms with Crippen LogP contribution in [-0.2, 0) is 15.6 Å². The third-order valence-corrected chi connectivity index (χ3v) is 3.23. The molecule has 0 bridgehead atoms. The summed E-state index contributed by atoms with van der Waals surface area (Å²) in [6.45, 7) is 0. The lowest BCUT2D eigenvalue weighted by Gasteiger charge is -1.88. The molecule has 0 aliphatic carbocycles. The summed E-state index contributed by atoms with van der Waals surface area (Å²) in [5.41, 5.74) is 0. The fourth-order valence-corrected chi connectivity index (χ4v) is 2.28. The molecule has 0 fully saturated rings. The van der Waals surface area contributed by atoms with E-state index in [0.717, 1.165) is 11.1 Å². The van der Waals surface area contributed by atoms with Crippen molar-refractivity contribution >= 4 is 21.2 Å². The van der Waals surface area contributed by atoms with Gasteiger partial charge in [0, 0.05) is 6.26 Å². The van der Waals surface area contributed by atoms with E-state index in [-0.39, 0.29) is 11.6 Å². The molecule has 0 saturated carbocycles. The maximum absolute atomic E-state index is 11.0. The number of nitrogens with zero attached hydrogens (tertiary/aromatic N) is 2. The summed E-state index contributed by atoms with van der Waals surface area (Å²) >= 11 is 1.46. The van der Waals surface area contributed by atoms with E-state index in [9.17, 15) is 8.42 Å². The largest absolute Gasteiger partial charge is 0.333 e. The smallest absolute Gasteiger partial charge is 0.268 e. The molecule has 0 saturated heterocycles. The highest BCUT2D eigenvalue weighted by atomic mass is 32.2. The van der Waals surface area contributed by atoms with Crippen molar-refractivity contribution in [1.82, 2.24) is 10.1 Å². The summed E-state index contributed by atoms with van der Waals surface area (Å²) in [4.78, 5) is 4.83. The Kier molecular flexibility index (Phi) is 2.57. The zero-order valence-corrected chi connectivity index (χ0v) is 9.51. The van der Waals surface area contributed by atoms with Crippen LogP contribution in [0.1, 0.15) is 5.82 Å². The molecule has 0 spiro atoms. The minimum Gasteiger partial charge on any atom is -0.333 e. The van der Waals surface area contributed by atoms with Gasteiger partial charge in [-0.05, 0) is 11.4 Å². The first-order valence-corrected chi connectivity index (χ1v) is 7.03. The van der Waals surface area contributed by atoms with Crippen LogP contribution < -0.4 is 0 Å². The van der Waals surface area contributed by atoms with Crippen LogP contribution in [0.5, 0.6) is 0 Å². The highest BCUT2D eigenvalue weighted by Crippen LogP contribution is 2.22. The maximum Gasteiger partial charge on any atom is 0.268 e. The molecule has 0 amide bonds. The second-order valence-corrected chi connectivity index (χ2v) is 6.15. The average Bonchev–Trinajstić information content (AvgIpc) is 2.68. The molecule has 80 valence electrons. The molecule has 15 heavy (non-hydrogen) atoms. The zero-order valence-electron chi connectivity index (χ0n) is 7.87. The van der Waals surface area contributed by atoms with E-state index in [0.29, 0.717) is 5.89 Å². The number of sulfone groups is 1. The van der Waals surface area contributed by atoms with Crippen molar-refractivity contribution in [2.45, 2.75) is 5.75 Å². The predicted molar refractivity (Wildman–Crippen MR) is 56.2 cm³/mol. The molecular weight excluding hydrogens is 236 g/mol. The summed E-state index contributed by atoms with van der Waals surface area (Å²) in [6.07, 6.45) is 1.13. The van der Waals surface area contributed by atoms with Gasteiger partial charge in [-0.3, -0.25) is 0 Å². The Morgan fingerprint density at radius 2 is 2.33 bits per heavy atom. The van der Waals surface area contributed by atoms with Gasteiger partial charge in [-0.25, -0.2) is 8.42 Å². The van der Waals surface area contributed by atoms with Gasteiger partial charge in [0.1, 0.15) is 5.75 Å². The van der Waals surface area contributed by atoms with Crippen LogP contribution >= 0.6 is 11.3 Å². The van der Waals surface area contributed by atoms with Crippen molar-refractivity contribution < 1.29 is 12.9 Å². The number of hydrogen-bond acceptors (Lipinski definition) is 6. The van der Waals surface area contributed by atoms with Crippen molar-refractivity contribution in [3.05, 3.63) is 23.3 Å². The zero-order chi connectivity index (χ0) is 10.9. The first-order valence-electron chi connectivity index (χ1n) is 4.09. The van der Waals surface area contributed by atoms with Gasteiger partial charge in [0.15, 0.2) is 15.7 Å². The topological polar surface area (TPSA) is 73.1 Å². The van der Waals surface area contributed by atoms with E-state index in [2.05, 4.69) is 10.1 Å². The lowest BCUT2D eigenvalue weighted by Crippen LogP contribution is -2.02. The van der Waals surface area contributed by atoms with Gasteiger partial charge >= 0.3 is 0 Å². The van der Waals surface area contributed by atoms with Gasteiger partial charge in [-0.1, -0.05) is 11.2 Å². The van der Waals surface area contributed by atoms with Gasteiger partial charge in [-0.15, -0.1) is 11.3 Å². The van der Waals surface area contributed by atoms with Crippen LogP contribution in [-0.4, -0.2) is 24.8 Å². The molecule has 5 nitrogen and oxygen atoms in total. The molecule has 2 aromatic heterocycles. The molecule has 0 aliphatic heterocycles. The third kappa shape index (κ3) is 2.63. The van der Waals surface area contributed by atoms with E-state index in [1.165, 1.54) is 11.3 Å². The number of hydrogen-bond donors (Lipinski definition) is 0. The average molecular weight is 244 g/mol. The molecule has 2 aromatic rings. The minimum atomic E-state index is -3.11. The molecule has 0 N–H and O–H groups in total. The van der Waals surface area contributed by atoms with E-state index < -0.39 is 9.84 Å². The SMILES string of the molecule is CS(=O)(=O)Cc1noc(-c2cccs2)n1. The van der Waals surface area contributed by atoms with Gasteiger partial charge in [0.05, 0.1) is 4.88 Å². The molecule has 0 unspecified atom stereocenters. The van der Waals surface area contributed by atoms with Crippen LogP contribution in [0.25, 0.3) is 10.8 Å². The molecule has 2 rings (SSSR count). The molecule has 2 heterocycles. The Balaban J connectivity index is 2.25. The van der Waals surface area contributed by atoms with E-state index in [1.807, 2.05) is 17.5 Å². The monoisotopic (exact) mass is 244 g/mol. The van der Waals surface area contributed by atoms with Crippen LogP contribution in [0.2, 0.25) is 0 Å². The van der Waals surface area contributed by atoms with Gasteiger partial charge in [-0.2, -0.15) is 4.98 Å². The first-order chi connectivity index (χ1) is 7.04. The van der Waals surface area contributed by atoms with E-state index >= 15 is 0 Å². The van der Waals surface area contributed by atoms with Crippen LogP contribution in [0.4, 0.5) is 0 Å². The van der Waals surface area contributed by atoms with Crippen LogP contribution in [0.15, 0.2) is 22.0 Å². The maximum atomic E-state index is 11.0. The normalized spacial score (nSPS) is 11.8. The summed E-state index contributed by atoms with van der Waals surface area (Å²) in [5.74, 6) is 0.367. The van der Waals surface area contributed by atoms with E-state index in [1.54, 1.807) is 0 Å². The fraction of sp³-hybridized carbons (Fsp3) is 0.250. The highest BCUT2D eigenvalue weighted by molar-refractivity contribution is 7.89. The van der Waals surface area contributed by atoms with Gasteiger partial charge in [0.25, 0.3) is 5.89 Å². The van der Waals surface area contributed by atoms with Gasteiger partial charge in [0.2, 0.25) is 0 Å². The van der Waals surface area contributed by atoms with Crippen molar-refractivity contribution in [2.75, 3.05) is 6.26 Å². The molecule has 0 radical (unpaired) electrons. The molecule has 7 heteroatoms. The first kappa shape index (κ1) is 10.3. The van der Waals surface area contributed by atoms with Crippen molar-refractivity contribution in [2.24, 2.45) is 0 Å². The Labute approximate surface area is 90.7 Å². The van der Waals surface area contributed by atoms with Crippen molar-refractivity contribution in [3.8, 4) is 10.8 Å². The Bertz CT molecular complexity index is 542. The minimum absolute atomic E-state index is 0.193. The molecule has 0 aliphatic rings. The highest BCUT2D eigenvalue weighted by Gasteiger charge is 2.13. The van der Waals surface area contributed by atoms with Gasteiger partial charge < -0.3 is 4.52 Å². The molecule has 0 atom stereocenters. The van der Waals surface area contributed by atoms with Crippen molar-refractivity contribution in [3.63, 3.8) is 0 Å². The lowest BCUT2D eigenvalue weighted by molar-refractivity contribution is 0.425. The number of thiophene rings is 1. The second-order valence-electron chi connectivity index (χ2n) is 3.06. The number of rotatable bonds is 3. The quantitative estimate of drug-likeness (QED) is 0.814. The fourth-order valence-electron chi connectivity index (χ4n) is 1.05.